The summed E-state index contributed by atoms with van der Waals surface area (Å²) in [6, 6.07) is 0. The molecule has 0 spiro atoms. The van der Waals surface area contributed by atoms with E-state index in [9.17, 15) is 9.59 Å². The van der Waals surface area contributed by atoms with Crippen LogP contribution in [0.25, 0.3) is 0 Å². The molecule has 0 aromatic rings. The molecule has 0 atom stereocenters. The highest BCUT2D eigenvalue weighted by Crippen LogP contribution is 2.41. The average molecular weight is 369 g/mol. The molecule has 0 heterocycles. The number of hydrogen-bond donors (Lipinski definition) is 0. The molecule has 2 rings (SSSR count). The van der Waals surface area contributed by atoms with E-state index in [1.807, 2.05) is 0 Å². The van der Waals surface area contributed by atoms with E-state index in [-0.39, 0.29) is 28.8 Å². The van der Waals surface area contributed by atoms with Gasteiger partial charge in [0.15, 0.2) is 0 Å². The maximum atomic E-state index is 12.3. The van der Waals surface area contributed by atoms with Crippen LogP contribution in [0.2, 0.25) is 0 Å². The maximum absolute atomic E-state index is 12.3. The summed E-state index contributed by atoms with van der Waals surface area (Å²) in [7, 11) is 0. The summed E-state index contributed by atoms with van der Waals surface area (Å²) in [5.41, 5.74) is 5.31. The highest BCUT2D eigenvalue weighted by molar-refractivity contribution is 6.00. The zero-order valence-electron chi connectivity index (χ0n) is 18.1. The van der Waals surface area contributed by atoms with Gasteiger partial charge in [0.1, 0.15) is 11.6 Å². The molecular weight excluding hydrogens is 332 g/mol. The first-order valence-electron chi connectivity index (χ1n) is 10.3. The molecule has 0 saturated heterocycles. The van der Waals surface area contributed by atoms with Gasteiger partial charge in [-0.05, 0) is 61.5 Å². The van der Waals surface area contributed by atoms with Gasteiger partial charge in [0.05, 0.1) is 6.42 Å². The van der Waals surface area contributed by atoms with E-state index in [1.165, 1.54) is 22.3 Å². The van der Waals surface area contributed by atoms with Crippen LogP contribution in [0.3, 0.4) is 0 Å². The third kappa shape index (κ3) is 5.64. The summed E-state index contributed by atoms with van der Waals surface area (Å²) in [6.45, 7) is 13.2. The molecule has 0 N–H and O–H groups in total. The summed E-state index contributed by atoms with van der Waals surface area (Å²) < 4.78 is 0. The molecule has 0 saturated carbocycles. The number of carbonyl (C=O) groups excluding carboxylic acids is 2. The summed E-state index contributed by atoms with van der Waals surface area (Å²) in [5, 5.41) is 0. The zero-order valence-corrected chi connectivity index (χ0v) is 18.1. The minimum atomic E-state index is 0.0234. The van der Waals surface area contributed by atoms with Crippen molar-refractivity contribution >= 4 is 11.6 Å². The van der Waals surface area contributed by atoms with Crippen molar-refractivity contribution in [1.82, 2.24) is 0 Å². The SMILES string of the molecule is CC1=CCCC(C)(C)C1=CCC(=O)CC(=O)CC=C1C(C)=CCCC1(C)C. The molecule has 148 valence electrons. The van der Waals surface area contributed by atoms with Gasteiger partial charge in [-0.1, -0.05) is 63.1 Å². The molecule has 0 aromatic carbocycles. The Balaban J connectivity index is 1.95. The average Bonchev–Trinajstić information content (AvgIpc) is 2.52. The molecule has 0 fully saturated rings. The van der Waals surface area contributed by atoms with E-state index in [2.05, 4.69) is 65.8 Å². The van der Waals surface area contributed by atoms with Crippen LogP contribution in [0.5, 0.6) is 0 Å². The number of hydrogen-bond acceptors (Lipinski definition) is 2. The predicted molar refractivity (Wildman–Crippen MR) is 114 cm³/mol. The molecule has 2 aliphatic rings. The van der Waals surface area contributed by atoms with Crippen molar-refractivity contribution in [3.8, 4) is 0 Å². The third-order valence-electron chi connectivity index (χ3n) is 6.21. The molecule has 2 nitrogen and oxygen atoms in total. The lowest BCUT2D eigenvalue weighted by Gasteiger charge is -2.32. The lowest BCUT2D eigenvalue weighted by molar-refractivity contribution is -0.126. The standard InChI is InChI=1S/C25H36O2/c1-18-9-7-15-24(3,4)22(18)13-11-20(26)17-21(27)12-14-23-19(2)10-8-16-25(23,5)6/h9-10,13-14H,7-8,11-12,15-17H2,1-6H3. The van der Waals surface area contributed by atoms with Crippen LogP contribution in [0, 0.1) is 10.8 Å². The van der Waals surface area contributed by atoms with Crippen molar-refractivity contribution in [1.29, 1.82) is 0 Å². The van der Waals surface area contributed by atoms with Crippen LogP contribution in [0.15, 0.2) is 46.6 Å². The lowest BCUT2D eigenvalue weighted by atomic mass is 9.72. The highest BCUT2D eigenvalue weighted by Gasteiger charge is 2.28. The fourth-order valence-electron chi connectivity index (χ4n) is 4.53. The van der Waals surface area contributed by atoms with Crippen LogP contribution in [0.1, 0.15) is 86.5 Å². The molecule has 2 heteroatoms. The molecular formula is C25H36O2. The Bertz CT molecular complexity index is 661. The van der Waals surface area contributed by atoms with Crippen molar-refractivity contribution in [3.63, 3.8) is 0 Å². The number of ketones is 2. The van der Waals surface area contributed by atoms with Crippen molar-refractivity contribution < 1.29 is 9.59 Å². The Morgan fingerprint density at radius 2 is 1.19 bits per heavy atom. The van der Waals surface area contributed by atoms with E-state index >= 15 is 0 Å². The predicted octanol–water partition coefficient (Wildman–Crippen LogP) is 6.68. The Morgan fingerprint density at radius 1 is 0.815 bits per heavy atom. The number of Topliss-reactive ketones (excluding diaryl/α,β-unsaturated/α-hetero) is 2. The second kappa shape index (κ2) is 8.54. The molecule has 27 heavy (non-hydrogen) atoms. The van der Waals surface area contributed by atoms with Crippen molar-refractivity contribution in [2.24, 2.45) is 10.8 Å². The first kappa shape index (κ1) is 21.6. The van der Waals surface area contributed by atoms with Gasteiger partial charge in [0, 0.05) is 12.8 Å². The molecule has 0 amide bonds. The monoisotopic (exact) mass is 368 g/mol. The first-order valence-corrected chi connectivity index (χ1v) is 10.3. The Morgan fingerprint density at radius 3 is 1.52 bits per heavy atom. The third-order valence-corrected chi connectivity index (χ3v) is 6.21. The number of rotatable bonds is 6. The van der Waals surface area contributed by atoms with E-state index in [0.29, 0.717) is 12.8 Å². The summed E-state index contributed by atoms with van der Waals surface area (Å²) >= 11 is 0. The van der Waals surface area contributed by atoms with Crippen LogP contribution in [0.4, 0.5) is 0 Å². The Labute approximate surface area is 165 Å². The van der Waals surface area contributed by atoms with E-state index in [0.717, 1.165) is 25.7 Å². The van der Waals surface area contributed by atoms with Crippen molar-refractivity contribution in [2.75, 3.05) is 0 Å². The van der Waals surface area contributed by atoms with E-state index in [4.69, 9.17) is 0 Å². The lowest BCUT2D eigenvalue weighted by Crippen LogP contribution is -2.20. The van der Waals surface area contributed by atoms with Crippen molar-refractivity contribution in [2.45, 2.75) is 86.5 Å². The zero-order chi connectivity index (χ0) is 20.2. The minimum absolute atomic E-state index is 0.0234. The molecule has 0 aliphatic heterocycles. The summed E-state index contributed by atoms with van der Waals surface area (Å²) in [4.78, 5) is 24.7. The molecule has 2 aliphatic carbocycles. The fraction of sp³-hybridized carbons (Fsp3) is 0.600. The van der Waals surface area contributed by atoms with Gasteiger partial charge in [-0.15, -0.1) is 0 Å². The highest BCUT2D eigenvalue weighted by atomic mass is 16.1. The fourth-order valence-corrected chi connectivity index (χ4v) is 4.53. The second-order valence-electron chi connectivity index (χ2n) is 9.52. The van der Waals surface area contributed by atoms with Crippen LogP contribution in [-0.2, 0) is 9.59 Å². The van der Waals surface area contributed by atoms with Crippen LogP contribution >= 0.6 is 0 Å². The van der Waals surface area contributed by atoms with Gasteiger partial charge in [-0.2, -0.15) is 0 Å². The topological polar surface area (TPSA) is 34.1 Å². The van der Waals surface area contributed by atoms with Gasteiger partial charge in [0.2, 0.25) is 0 Å². The van der Waals surface area contributed by atoms with Gasteiger partial charge in [-0.3, -0.25) is 9.59 Å². The molecule has 0 radical (unpaired) electrons. The molecule has 0 bridgehead atoms. The number of allylic oxidation sites excluding steroid dienone is 8. The largest absolute Gasteiger partial charge is 0.299 e. The van der Waals surface area contributed by atoms with E-state index < -0.39 is 0 Å². The maximum Gasteiger partial charge on any atom is 0.144 e. The second-order valence-corrected chi connectivity index (χ2v) is 9.52. The normalized spacial score (nSPS) is 24.5. The Kier molecular flexibility index (Phi) is 6.83. The van der Waals surface area contributed by atoms with Crippen LogP contribution in [-0.4, -0.2) is 11.6 Å². The summed E-state index contributed by atoms with van der Waals surface area (Å²) in [6.07, 6.45) is 13.8. The molecule has 0 unspecified atom stereocenters. The van der Waals surface area contributed by atoms with Crippen molar-refractivity contribution in [3.05, 3.63) is 46.6 Å². The van der Waals surface area contributed by atoms with Gasteiger partial charge in [-0.25, -0.2) is 0 Å². The molecule has 0 aromatic heterocycles. The van der Waals surface area contributed by atoms with Gasteiger partial charge < -0.3 is 0 Å². The summed E-state index contributed by atoms with van der Waals surface area (Å²) in [5.74, 6) is 0.0467. The van der Waals surface area contributed by atoms with Gasteiger partial charge >= 0.3 is 0 Å². The van der Waals surface area contributed by atoms with Gasteiger partial charge in [0.25, 0.3) is 0 Å². The minimum Gasteiger partial charge on any atom is -0.299 e. The number of carbonyl (C=O) groups is 2. The van der Waals surface area contributed by atoms with E-state index in [1.54, 1.807) is 0 Å². The first-order chi connectivity index (χ1) is 12.5. The van der Waals surface area contributed by atoms with Crippen LogP contribution < -0.4 is 0 Å². The quantitative estimate of drug-likeness (QED) is 0.490. The Hall–Kier alpha value is -1.70. The smallest absolute Gasteiger partial charge is 0.144 e.